The molecule has 1 aromatic heterocycles. The highest BCUT2D eigenvalue weighted by molar-refractivity contribution is 6.42. The van der Waals surface area contributed by atoms with Crippen LogP contribution in [-0.2, 0) is 9.53 Å². The number of H-pyrrole nitrogens is 1. The van der Waals surface area contributed by atoms with Crippen LogP contribution in [0.3, 0.4) is 0 Å². The number of benzene rings is 1. The van der Waals surface area contributed by atoms with Crippen molar-refractivity contribution in [2.45, 2.75) is 25.4 Å². The first-order chi connectivity index (χ1) is 15.0. The second kappa shape index (κ2) is 9.96. The maximum atomic E-state index is 13.1. The van der Waals surface area contributed by atoms with E-state index in [9.17, 15) is 9.59 Å². The maximum absolute atomic E-state index is 13.1. The molecule has 0 radical (unpaired) electrons. The van der Waals surface area contributed by atoms with E-state index in [2.05, 4.69) is 20.0 Å². The maximum Gasteiger partial charge on any atom is 0.439 e. The molecule has 0 bridgehead atoms. The molecular weight excluding hydrogens is 441 g/mol. The van der Waals surface area contributed by atoms with Crippen molar-refractivity contribution in [2.75, 3.05) is 19.7 Å². The van der Waals surface area contributed by atoms with Gasteiger partial charge in [-0.15, -0.1) is 0 Å². The van der Waals surface area contributed by atoms with E-state index in [0.717, 1.165) is 31.5 Å². The molecule has 1 aromatic carbocycles. The highest BCUT2D eigenvalue weighted by Gasteiger charge is 2.31. The number of allylic oxidation sites excluding steroid dienone is 4. The average molecular weight is 464 g/mol. The van der Waals surface area contributed by atoms with Gasteiger partial charge in [-0.3, -0.25) is 14.3 Å². The van der Waals surface area contributed by atoms with Crippen LogP contribution in [0.2, 0.25) is 10.0 Å². The van der Waals surface area contributed by atoms with Crippen LogP contribution in [0.15, 0.2) is 45.7 Å². The first kappa shape index (κ1) is 22.0. The summed E-state index contributed by atoms with van der Waals surface area (Å²) in [7, 11) is 0. The van der Waals surface area contributed by atoms with Gasteiger partial charge in [-0.05, 0) is 43.0 Å². The summed E-state index contributed by atoms with van der Waals surface area (Å²) in [5.74, 6) is -0.497. The molecule has 2 aliphatic rings. The Morgan fingerprint density at radius 1 is 1.19 bits per heavy atom. The number of nitrogens with one attached hydrogen (secondary N) is 2. The molecule has 0 saturated carbocycles. The highest BCUT2D eigenvalue weighted by Crippen LogP contribution is 2.36. The van der Waals surface area contributed by atoms with Crippen molar-refractivity contribution in [3.63, 3.8) is 0 Å². The number of hydrogen-bond acceptors (Lipinski definition) is 6. The van der Waals surface area contributed by atoms with E-state index < -0.39 is 5.76 Å². The molecule has 2 N–H and O–H groups in total. The van der Waals surface area contributed by atoms with Crippen molar-refractivity contribution < 1.29 is 14.1 Å². The van der Waals surface area contributed by atoms with Gasteiger partial charge in [0.15, 0.2) is 11.6 Å². The Labute approximate surface area is 189 Å². The third-order valence-corrected chi connectivity index (χ3v) is 6.40. The highest BCUT2D eigenvalue weighted by atomic mass is 35.5. The number of halogens is 2. The smallest absolute Gasteiger partial charge is 0.372 e. The van der Waals surface area contributed by atoms with Gasteiger partial charge >= 0.3 is 5.76 Å². The van der Waals surface area contributed by atoms with Crippen LogP contribution >= 0.6 is 23.2 Å². The van der Waals surface area contributed by atoms with Gasteiger partial charge in [0.1, 0.15) is 0 Å². The Kier molecular flexibility index (Phi) is 7.07. The topological polar surface area (TPSA) is 97.2 Å². The van der Waals surface area contributed by atoms with Crippen LogP contribution in [0.1, 0.15) is 36.8 Å². The molecule has 0 amide bonds. The molecule has 0 spiro atoms. The van der Waals surface area contributed by atoms with Crippen molar-refractivity contribution in [1.29, 1.82) is 0 Å². The quantitative estimate of drug-likeness (QED) is 0.711. The van der Waals surface area contributed by atoms with E-state index in [1.54, 1.807) is 12.1 Å². The van der Waals surface area contributed by atoms with E-state index in [4.69, 9.17) is 27.9 Å². The first-order valence-corrected chi connectivity index (χ1v) is 11.0. The number of carbonyl (C=O) groups excluding carboxylic acids is 1. The monoisotopic (exact) mass is 463 g/mol. The molecular formula is C22H23Cl2N3O4. The molecule has 1 aliphatic heterocycles. The largest absolute Gasteiger partial charge is 0.439 e. The molecule has 4 rings (SSSR count). The van der Waals surface area contributed by atoms with Crippen LogP contribution in [-0.4, -0.2) is 35.6 Å². The average Bonchev–Trinajstić information content (AvgIpc) is 3.03. The van der Waals surface area contributed by atoms with Crippen LogP contribution in [0, 0.1) is 11.8 Å². The van der Waals surface area contributed by atoms with Crippen molar-refractivity contribution in [2.24, 2.45) is 11.8 Å². The van der Waals surface area contributed by atoms with Crippen molar-refractivity contribution in [1.82, 2.24) is 15.5 Å². The summed E-state index contributed by atoms with van der Waals surface area (Å²) < 4.78 is 10.7. The van der Waals surface area contributed by atoms with Gasteiger partial charge in [0, 0.05) is 30.5 Å². The van der Waals surface area contributed by atoms with E-state index in [0.29, 0.717) is 28.6 Å². The molecule has 3 atom stereocenters. The summed E-state index contributed by atoms with van der Waals surface area (Å²) in [5.41, 5.74) is 1.49. The summed E-state index contributed by atoms with van der Waals surface area (Å²) in [6.45, 7) is 2.06. The minimum atomic E-state index is -0.651. The predicted molar refractivity (Wildman–Crippen MR) is 118 cm³/mol. The number of carbonyl (C=O) groups is 1. The van der Waals surface area contributed by atoms with Crippen LogP contribution in [0.25, 0.3) is 5.57 Å². The Bertz CT molecular complexity index is 1060. The Hall–Kier alpha value is -2.19. The fraction of sp³-hybridized carbons (Fsp3) is 0.409. The molecule has 164 valence electrons. The lowest BCUT2D eigenvalue weighted by Gasteiger charge is -2.28. The number of aromatic nitrogens is 2. The van der Waals surface area contributed by atoms with E-state index >= 15 is 0 Å². The Morgan fingerprint density at radius 2 is 2.06 bits per heavy atom. The van der Waals surface area contributed by atoms with Gasteiger partial charge in [0.2, 0.25) is 0 Å². The van der Waals surface area contributed by atoms with Gasteiger partial charge < -0.3 is 10.1 Å². The zero-order chi connectivity index (χ0) is 21.8. The standard InChI is InChI=1S/C22H23Cl2N3O4/c23-17-6-5-14(10-18(17)24)20-16(12-25-7-8-30-20)9-13-3-1-2-4-15(11-19(13)28)21-26-22(29)31-27-21/h2,4-6,10-11,13,16,20,25H,1,3,7-9,12H2,(H,26,27,29)/b4-2?,15-11+. The lowest BCUT2D eigenvalue weighted by atomic mass is 9.82. The molecule has 31 heavy (non-hydrogen) atoms. The summed E-state index contributed by atoms with van der Waals surface area (Å²) in [5, 5.41) is 8.09. The lowest BCUT2D eigenvalue weighted by Crippen LogP contribution is -2.28. The molecule has 2 heterocycles. The third-order valence-electron chi connectivity index (χ3n) is 5.66. The summed E-state index contributed by atoms with van der Waals surface area (Å²) in [6, 6.07) is 5.55. The summed E-state index contributed by atoms with van der Waals surface area (Å²) >= 11 is 12.3. The number of rotatable bonds is 4. The van der Waals surface area contributed by atoms with Crippen molar-refractivity contribution in [3.05, 3.63) is 68.4 Å². The number of ether oxygens (including phenoxy) is 1. The molecule has 2 aromatic rings. The fourth-order valence-electron chi connectivity index (χ4n) is 4.12. The first-order valence-electron chi connectivity index (χ1n) is 10.3. The van der Waals surface area contributed by atoms with Crippen LogP contribution in [0.5, 0.6) is 0 Å². The van der Waals surface area contributed by atoms with Gasteiger partial charge in [-0.25, -0.2) is 4.79 Å². The molecule has 7 nitrogen and oxygen atoms in total. The normalized spacial score (nSPS) is 26.6. The third kappa shape index (κ3) is 5.36. The Morgan fingerprint density at radius 3 is 2.84 bits per heavy atom. The SMILES string of the molecule is O=C1/C=C(/c2noc(=O)[nH]2)C=CCCC1CC1CNCCOC1c1ccc(Cl)c(Cl)c1. The zero-order valence-electron chi connectivity index (χ0n) is 16.8. The lowest BCUT2D eigenvalue weighted by molar-refractivity contribution is -0.119. The fourth-order valence-corrected chi connectivity index (χ4v) is 4.43. The van der Waals surface area contributed by atoms with E-state index in [1.165, 1.54) is 6.08 Å². The van der Waals surface area contributed by atoms with Gasteiger partial charge in [-0.1, -0.05) is 46.6 Å². The second-order valence-electron chi connectivity index (χ2n) is 7.79. The van der Waals surface area contributed by atoms with Crippen LogP contribution in [0.4, 0.5) is 0 Å². The van der Waals surface area contributed by atoms with Crippen molar-refractivity contribution in [3.8, 4) is 0 Å². The van der Waals surface area contributed by atoms with Gasteiger partial charge in [0.25, 0.3) is 0 Å². The molecule has 3 unspecified atom stereocenters. The number of ketones is 1. The molecule has 9 heteroatoms. The molecule has 1 fully saturated rings. The van der Waals surface area contributed by atoms with E-state index in [-0.39, 0.29) is 29.5 Å². The zero-order valence-corrected chi connectivity index (χ0v) is 18.3. The van der Waals surface area contributed by atoms with Gasteiger partial charge in [-0.2, -0.15) is 0 Å². The summed E-state index contributed by atoms with van der Waals surface area (Å²) in [4.78, 5) is 26.9. The second-order valence-corrected chi connectivity index (χ2v) is 8.60. The number of aromatic amines is 1. The number of nitrogens with zero attached hydrogens (tertiary/aromatic N) is 1. The molecule has 1 saturated heterocycles. The van der Waals surface area contributed by atoms with Crippen molar-refractivity contribution >= 4 is 34.6 Å². The number of hydrogen-bond donors (Lipinski definition) is 2. The van der Waals surface area contributed by atoms with E-state index in [1.807, 2.05) is 18.2 Å². The minimum absolute atomic E-state index is 0.000310. The molecule has 1 aliphatic carbocycles. The minimum Gasteiger partial charge on any atom is -0.372 e. The van der Waals surface area contributed by atoms with Gasteiger partial charge in [0.05, 0.1) is 22.8 Å². The predicted octanol–water partition coefficient (Wildman–Crippen LogP) is 3.96. The Balaban J connectivity index is 1.56. The van der Waals surface area contributed by atoms with Crippen LogP contribution < -0.4 is 11.1 Å². The summed E-state index contributed by atoms with van der Waals surface area (Å²) in [6.07, 6.45) is 7.26.